The molecule has 1 aliphatic rings. The summed E-state index contributed by atoms with van der Waals surface area (Å²) >= 11 is 0. The van der Waals surface area contributed by atoms with Crippen molar-refractivity contribution in [3.8, 4) is 17.1 Å². The Balaban J connectivity index is 1.81. The second-order valence-electron chi connectivity index (χ2n) is 5.24. The highest BCUT2D eigenvalue weighted by molar-refractivity contribution is 5.55. The summed E-state index contributed by atoms with van der Waals surface area (Å²) < 4.78 is 10.6. The van der Waals surface area contributed by atoms with Crippen LogP contribution in [0.15, 0.2) is 28.8 Å². The maximum absolute atomic E-state index is 5.43. The summed E-state index contributed by atoms with van der Waals surface area (Å²) in [5.41, 5.74) is 0.935. The Labute approximate surface area is 118 Å². The first-order valence-electron chi connectivity index (χ1n) is 6.99. The highest BCUT2D eigenvalue weighted by Gasteiger charge is 2.27. The second-order valence-corrected chi connectivity index (χ2v) is 5.24. The molecule has 2 aromatic rings. The van der Waals surface area contributed by atoms with Gasteiger partial charge in [0.25, 0.3) is 0 Å². The molecule has 1 fully saturated rings. The smallest absolute Gasteiger partial charge is 0.244 e. The van der Waals surface area contributed by atoms with Crippen molar-refractivity contribution in [1.82, 2.24) is 15.5 Å². The number of ether oxygens (including phenoxy) is 1. The van der Waals surface area contributed by atoms with Crippen LogP contribution in [0.1, 0.15) is 31.7 Å². The molecule has 1 aromatic carbocycles. The Kier molecular flexibility index (Phi) is 3.69. The SMILES string of the molecule is COc1ccc(-c2noc(C3NCCCC3C)n2)cc1. The summed E-state index contributed by atoms with van der Waals surface area (Å²) in [6, 6.07) is 7.83. The highest BCUT2D eigenvalue weighted by Crippen LogP contribution is 2.29. The van der Waals surface area contributed by atoms with Crippen molar-refractivity contribution in [1.29, 1.82) is 0 Å². The minimum Gasteiger partial charge on any atom is -0.497 e. The van der Waals surface area contributed by atoms with Crippen LogP contribution >= 0.6 is 0 Å². The Bertz CT molecular complexity index is 565. The Morgan fingerprint density at radius 2 is 2.10 bits per heavy atom. The van der Waals surface area contributed by atoms with Gasteiger partial charge in [0.15, 0.2) is 0 Å². The molecule has 5 nitrogen and oxygen atoms in total. The van der Waals surface area contributed by atoms with Crippen molar-refractivity contribution >= 4 is 0 Å². The number of rotatable bonds is 3. The molecule has 1 N–H and O–H groups in total. The minimum absolute atomic E-state index is 0.170. The number of hydrogen-bond donors (Lipinski definition) is 1. The lowest BCUT2D eigenvalue weighted by atomic mass is 9.93. The molecule has 2 unspecified atom stereocenters. The topological polar surface area (TPSA) is 60.2 Å². The molecule has 2 atom stereocenters. The molecule has 0 bridgehead atoms. The van der Waals surface area contributed by atoms with Crippen LogP contribution in [0.2, 0.25) is 0 Å². The molecule has 0 spiro atoms. The number of hydrogen-bond acceptors (Lipinski definition) is 5. The molecular weight excluding hydrogens is 254 g/mol. The van der Waals surface area contributed by atoms with Crippen LogP contribution < -0.4 is 10.1 Å². The highest BCUT2D eigenvalue weighted by atomic mass is 16.5. The lowest BCUT2D eigenvalue weighted by Crippen LogP contribution is -2.33. The van der Waals surface area contributed by atoms with Crippen molar-refractivity contribution in [2.45, 2.75) is 25.8 Å². The molecule has 20 heavy (non-hydrogen) atoms. The molecule has 0 radical (unpaired) electrons. The number of piperidine rings is 1. The summed E-state index contributed by atoms with van der Waals surface area (Å²) in [4.78, 5) is 4.53. The fraction of sp³-hybridized carbons (Fsp3) is 0.467. The summed E-state index contributed by atoms with van der Waals surface area (Å²) in [7, 11) is 1.65. The van der Waals surface area contributed by atoms with E-state index in [9.17, 15) is 0 Å². The van der Waals surface area contributed by atoms with Crippen LogP contribution in [0.25, 0.3) is 11.4 Å². The van der Waals surface area contributed by atoms with Crippen molar-refractivity contribution in [3.05, 3.63) is 30.2 Å². The van der Waals surface area contributed by atoms with Crippen LogP contribution in [0, 0.1) is 5.92 Å². The van der Waals surface area contributed by atoms with Gasteiger partial charge in [0, 0.05) is 5.56 Å². The van der Waals surface area contributed by atoms with E-state index in [2.05, 4.69) is 22.4 Å². The molecule has 2 heterocycles. The number of benzene rings is 1. The number of aromatic nitrogens is 2. The predicted molar refractivity (Wildman–Crippen MR) is 75.4 cm³/mol. The third-order valence-electron chi connectivity index (χ3n) is 3.83. The van der Waals surface area contributed by atoms with Crippen LogP contribution in [-0.4, -0.2) is 23.8 Å². The van der Waals surface area contributed by atoms with E-state index < -0.39 is 0 Å². The van der Waals surface area contributed by atoms with Gasteiger partial charge in [-0.1, -0.05) is 12.1 Å². The lowest BCUT2D eigenvalue weighted by molar-refractivity contribution is 0.239. The lowest BCUT2D eigenvalue weighted by Gasteiger charge is -2.26. The Morgan fingerprint density at radius 1 is 1.30 bits per heavy atom. The molecule has 0 amide bonds. The zero-order chi connectivity index (χ0) is 13.9. The third-order valence-corrected chi connectivity index (χ3v) is 3.83. The maximum Gasteiger partial charge on any atom is 0.244 e. The van der Waals surface area contributed by atoms with Crippen LogP contribution in [0.5, 0.6) is 5.75 Å². The molecule has 0 aliphatic carbocycles. The molecular formula is C15H19N3O2. The summed E-state index contributed by atoms with van der Waals surface area (Å²) in [5, 5.41) is 7.54. The molecule has 3 rings (SSSR count). The van der Waals surface area contributed by atoms with E-state index in [4.69, 9.17) is 9.26 Å². The van der Waals surface area contributed by atoms with E-state index in [1.807, 2.05) is 24.3 Å². The van der Waals surface area contributed by atoms with E-state index in [1.54, 1.807) is 7.11 Å². The maximum atomic E-state index is 5.43. The van der Waals surface area contributed by atoms with E-state index in [0.717, 1.165) is 17.9 Å². The molecule has 1 aliphatic heterocycles. The van der Waals surface area contributed by atoms with Gasteiger partial charge in [0.2, 0.25) is 11.7 Å². The molecule has 1 aromatic heterocycles. The zero-order valence-corrected chi connectivity index (χ0v) is 11.8. The van der Waals surface area contributed by atoms with Crippen molar-refractivity contribution in [2.24, 2.45) is 5.92 Å². The predicted octanol–water partition coefficient (Wildman–Crippen LogP) is 2.81. The van der Waals surface area contributed by atoms with Gasteiger partial charge in [-0.25, -0.2) is 0 Å². The first kappa shape index (κ1) is 13.1. The van der Waals surface area contributed by atoms with Crippen LogP contribution in [0.3, 0.4) is 0 Å². The van der Waals surface area contributed by atoms with Gasteiger partial charge >= 0.3 is 0 Å². The average molecular weight is 273 g/mol. The molecule has 1 saturated heterocycles. The van der Waals surface area contributed by atoms with Gasteiger partial charge in [-0.2, -0.15) is 4.98 Å². The number of nitrogens with one attached hydrogen (secondary N) is 1. The van der Waals surface area contributed by atoms with Gasteiger partial charge in [-0.05, 0) is 49.6 Å². The summed E-state index contributed by atoms with van der Waals surface area (Å²) in [5.74, 6) is 2.65. The van der Waals surface area contributed by atoms with E-state index in [-0.39, 0.29) is 6.04 Å². The van der Waals surface area contributed by atoms with Crippen molar-refractivity contribution < 1.29 is 9.26 Å². The first-order valence-corrected chi connectivity index (χ1v) is 6.99. The van der Waals surface area contributed by atoms with Gasteiger partial charge in [-0.15, -0.1) is 0 Å². The Morgan fingerprint density at radius 3 is 2.80 bits per heavy atom. The van der Waals surface area contributed by atoms with E-state index in [1.165, 1.54) is 12.8 Å². The minimum atomic E-state index is 0.170. The van der Waals surface area contributed by atoms with E-state index in [0.29, 0.717) is 17.6 Å². The number of methoxy groups -OCH3 is 1. The molecule has 106 valence electrons. The Hall–Kier alpha value is -1.88. The van der Waals surface area contributed by atoms with Gasteiger partial charge < -0.3 is 14.6 Å². The monoisotopic (exact) mass is 273 g/mol. The summed E-state index contributed by atoms with van der Waals surface area (Å²) in [6.07, 6.45) is 2.40. The van der Waals surface area contributed by atoms with Crippen LogP contribution in [-0.2, 0) is 0 Å². The van der Waals surface area contributed by atoms with Gasteiger partial charge in [0.1, 0.15) is 5.75 Å². The van der Waals surface area contributed by atoms with Gasteiger partial charge in [0.05, 0.1) is 13.2 Å². The largest absolute Gasteiger partial charge is 0.497 e. The van der Waals surface area contributed by atoms with E-state index >= 15 is 0 Å². The third kappa shape index (κ3) is 2.54. The fourth-order valence-corrected chi connectivity index (χ4v) is 2.60. The average Bonchev–Trinajstić information content (AvgIpc) is 2.97. The molecule has 0 saturated carbocycles. The van der Waals surface area contributed by atoms with Crippen molar-refractivity contribution in [2.75, 3.05) is 13.7 Å². The first-order chi connectivity index (χ1) is 9.78. The quantitative estimate of drug-likeness (QED) is 0.931. The molecule has 5 heteroatoms. The van der Waals surface area contributed by atoms with Crippen molar-refractivity contribution in [3.63, 3.8) is 0 Å². The van der Waals surface area contributed by atoms with Gasteiger partial charge in [-0.3, -0.25) is 0 Å². The normalized spacial score (nSPS) is 22.7. The zero-order valence-electron chi connectivity index (χ0n) is 11.8. The number of nitrogens with zero attached hydrogens (tertiary/aromatic N) is 2. The fourth-order valence-electron chi connectivity index (χ4n) is 2.60. The second kappa shape index (κ2) is 5.63. The standard InChI is InChI=1S/C15H19N3O2/c1-10-4-3-9-16-13(10)15-17-14(18-20-15)11-5-7-12(19-2)8-6-11/h5-8,10,13,16H,3-4,9H2,1-2H3. The summed E-state index contributed by atoms with van der Waals surface area (Å²) in [6.45, 7) is 3.23. The van der Waals surface area contributed by atoms with Crippen LogP contribution in [0.4, 0.5) is 0 Å².